The summed E-state index contributed by atoms with van der Waals surface area (Å²) in [7, 11) is 0. The van der Waals surface area contributed by atoms with Crippen LogP contribution in [0.4, 0.5) is 8.78 Å². The van der Waals surface area contributed by atoms with Gasteiger partial charge in [-0.3, -0.25) is 0 Å². The Labute approximate surface area is 79.9 Å². The molecule has 1 aromatic rings. The third kappa shape index (κ3) is 2.53. The van der Waals surface area contributed by atoms with Crippen LogP contribution in [0.3, 0.4) is 0 Å². The SMILES string of the molecule is FC(F)Oc1ncc(Br)nc1Cl. The summed E-state index contributed by atoms with van der Waals surface area (Å²) in [6.45, 7) is -2.95. The Hall–Kier alpha value is -0.490. The van der Waals surface area contributed by atoms with Crippen molar-refractivity contribution >= 4 is 27.5 Å². The van der Waals surface area contributed by atoms with Gasteiger partial charge < -0.3 is 4.74 Å². The zero-order valence-corrected chi connectivity index (χ0v) is 7.81. The van der Waals surface area contributed by atoms with Gasteiger partial charge in [0.15, 0.2) is 5.15 Å². The highest BCUT2D eigenvalue weighted by molar-refractivity contribution is 9.10. The van der Waals surface area contributed by atoms with Crippen LogP contribution < -0.4 is 4.74 Å². The smallest absolute Gasteiger partial charge is 0.388 e. The number of aromatic nitrogens is 2. The summed E-state index contributed by atoms with van der Waals surface area (Å²) in [5, 5.41) is -0.204. The Morgan fingerprint density at radius 1 is 1.58 bits per heavy atom. The van der Waals surface area contributed by atoms with Crippen LogP contribution in [0.5, 0.6) is 5.88 Å². The Morgan fingerprint density at radius 3 is 2.75 bits per heavy atom. The first-order chi connectivity index (χ1) is 5.59. The molecule has 0 N–H and O–H groups in total. The fraction of sp³-hybridized carbons (Fsp3) is 0.200. The van der Waals surface area contributed by atoms with E-state index in [2.05, 4.69) is 30.6 Å². The molecule has 0 saturated heterocycles. The molecule has 0 atom stereocenters. The molecule has 0 saturated carbocycles. The quantitative estimate of drug-likeness (QED) is 0.818. The lowest BCUT2D eigenvalue weighted by Gasteiger charge is -2.03. The predicted molar refractivity (Wildman–Crippen MR) is 41.4 cm³/mol. The van der Waals surface area contributed by atoms with Gasteiger partial charge in [-0.15, -0.1) is 0 Å². The molecule has 0 aliphatic carbocycles. The summed E-state index contributed by atoms with van der Waals surface area (Å²) in [4.78, 5) is 7.06. The lowest BCUT2D eigenvalue weighted by Crippen LogP contribution is -2.04. The predicted octanol–water partition coefficient (Wildman–Crippen LogP) is 2.49. The average Bonchev–Trinajstić information content (AvgIpc) is 1.94. The van der Waals surface area contributed by atoms with Gasteiger partial charge in [-0.05, 0) is 15.9 Å². The number of alkyl halides is 2. The van der Waals surface area contributed by atoms with Gasteiger partial charge in [-0.25, -0.2) is 9.97 Å². The van der Waals surface area contributed by atoms with Gasteiger partial charge in [-0.2, -0.15) is 8.78 Å². The van der Waals surface area contributed by atoms with Crippen molar-refractivity contribution in [3.8, 4) is 5.88 Å². The van der Waals surface area contributed by atoms with E-state index in [1.54, 1.807) is 0 Å². The highest BCUT2D eigenvalue weighted by Gasteiger charge is 2.10. The first kappa shape index (κ1) is 9.60. The molecule has 12 heavy (non-hydrogen) atoms. The van der Waals surface area contributed by atoms with Crippen LogP contribution in [0.2, 0.25) is 5.15 Å². The molecule has 0 fully saturated rings. The molecule has 0 radical (unpaired) electrons. The first-order valence-electron chi connectivity index (χ1n) is 2.72. The van der Waals surface area contributed by atoms with Crippen LogP contribution in [-0.2, 0) is 0 Å². The zero-order chi connectivity index (χ0) is 9.14. The highest BCUT2D eigenvalue weighted by Crippen LogP contribution is 2.22. The number of hydrogen-bond acceptors (Lipinski definition) is 3. The summed E-state index contributed by atoms with van der Waals surface area (Å²) in [5.41, 5.74) is 0. The minimum atomic E-state index is -2.95. The summed E-state index contributed by atoms with van der Waals surface area (Å²) in [6.07, 6.45) is 1.21. The van der Waals surface area contributed by atoms with Crippen LogP contribution in [-0.4, -0.2) is 16.6 Å². The third-order valence-electron chi connectivity index (χ3n) is 0.870. The second-order valence-electron chi connectivity index (χ2n) is 1.67. The van der Waals surface area contributed by atoms with Crippen molar-refractivity contribution in [3.05, 3.63) is 16.0 Å². The maximum atomic E-state index is 11.6. The second kappa shape index (κ2) is 3.95. The van der Waals surface area contributed by atoms with Gasteiger partial charge in [0.05, 0.1) is 6.20 Å². The van der Waals surface area contributed by atoms with Crippen molar-refractivity contribution < 1.29 is 13.5 Å². The van der Waals surface area contributed by atoms with Crippen molar-refractivity contribution in [3.63, 3.8) is 0 Å². The van der Waals surface area contributed by atoms with Crippen molar-refractivity contribution in [1.29, 1.82) is 0 Å². The maximum Gasteiger partial charge on any atom is 0.388 e. The number of ether oxygens (including phenoxy) is 1. The van der Waals surface area contributed by atoms with Crippen molar-refractivity contribution in [2.45, 2.75) is 6.61 Å². The van der Waals surface area contributed by atoms with Gasteiger partial charge in [-0.1, -0.05) is 11.6 Å². The molecule has 1 aromatic heterocycles. The van der Waals surface area contributed by atoms with Crippen LogP contribution in [0, 0.1) is 0 Å². The fourth-order valence-corrected chi connectivity index (χ4v) is 1.07. The lowest BCUT2D eigenvalue weighted by molar-refractivity contribution is -0.0530. The minimum absolute atomic E-state index is 0.204. The lowest BCUT2D eigenvalue weighted by atomic mass is 10.7. The normalized spacial score (nSPS) is 10.4. The maximum absolute atomic E-state index is 11.6. The summed E-state index contributed by atoms with van der Waals surface area (Å²) in [5.74, 6) is -0.380. The van der Waals surface area contributed by atoms with E-state index in [0.29, 0.717) is 4.60 Å². The first-order valence-corrected chi connectivity index (χ1v) is 3.89. The van der Waals surface area contributed by atoms with E-state index < -0.39 is 6.61 Å². The van der Waals surface area contributed by atoms with E-state index in [1.165, 1.54) is 6.20 Å². The Balaban J connectivity index is 2.86. The van der Waals surface area contributed by atoms with E-state index in [4.69, 9.17) is 11.6 Å². The molecule has 0 unspecified atom stereocenters. The zero-order valence-electron chi connectivity index (χ0n) is 5.47. The molecule has 0 amide bonds. The van der Waals surface area contributed by atoms with Gasteiger partial charge in [0.1, 0.15) is 4.60 Å². The van der Waals surface area contributed by atoms with Crippen LogP contribution in [0.15, 0.2) is 10.8 Å². The van der Waals surface area contributed by atoms with E-state index in [-0.39, 0.29) is 11.0 Å². The third-order valence-corrected chi connectivity index (χ3v) is 1.50. The number of rotatable bonds is 2. The molecular formula is C5H2BrClF2N2O. The van der Waals surface area contributed by atoms with Crippen LogP contribution in [0.1, 0.15) is 0 Å². The average molecular weight is 259 g/mol. The van der Waals surface area contributed by atoms with Gasteiger partial charge >= 0.3 is 6.61 Å². The molecule has 7 heteroatoms. The molecule has 0 aliphatic heterocycles. The monoisotopic (exact) mass is 258 g/mol. The second-order valence-corrected chi connectivity index (χ2v) is 2.84. The van der Waals surface area contributed by atoms with E-state index in [0.717, 1.165) is 0 Å². The molecule has 66 valence electrons. The number of nitrogens with zero attached hydrogens (tertiary/aromatic N) is 2. The van der Waals surface area contributed by atoms with Crippen LogP contribution >= 0.6 is 27.5 Å². The topological polar surface area (TPSA) is 35.0 Å². The van der Waals surface area contributed by atoms with Crippen molar-refractivity contribution in [2.24, 2.45) is 0 Å². The minimum Gasteiger partial charge on any atom is -0.414 e. The molecule has 0 aromatic carbocycles. The molecule has 3 nitrogen and oxygen atoms in total. The summed E-state index contributed by atoms with van der Waals surface area (Å²) < 4.78 is 27.6. The Kier molecular flexibility index (Phi) is 3.16. The fourth-order valence-electron chi connectivity index (χ4n) is 0.499. The molecular weight excluding hydrogens is 257 g/mol. The van der Waals surface area contributed by atoms with Gasteiger partial charge in [0.2, 0.25) is 0 Å². The van der Waals surface area contributed by atoms with E-state index >= 15 is 0 Å². The van der Waals surface area contributed by atoms with Gasteiger partial charge in [0.25, 0.3) is 5.88 Å². The summed E-state index contributed by atoms with van der Waals surface area (Å²) >= 11 is 8.37. The molecule has 1 heterocycles. The number of hydrogen-bond donors (Lipinski definition) is 0. The molecule has 1 rings (SSSR count). The highest BCUT2D eigenvalue weighted by atomic mass is 79.9. The Morgan fingerprint density at radius 2 is 2.25 bits per heavy atom. The van der Waals surface area contributed by atoms with Crippen LogP contribution in [0.25, 0.3) is 0 Å². The largest absolute Gasteiger partial charge is 0.414 e. The number of halogens is 4. The molecule has 0 spiro atoms. The van der Waals surface area contributed by atoms with Gasteiger partial charge in [0, 0.05) is 0 Å². The van der Waals surface area contributed by atoms with E-state index in [1.807, 2.05) is 0 Å². The van der Waals surface area contributed by atoms with Crippen molar-refractivity contribution in [1.82, 2.24) is 9.97 Å². The van der Waals surface area contributed by atoms with Crippen molar-refractivity contribution in [2.75, 3.05) is 0 Å². The summed E-state index contributed by atoms with van der Waals surface area (Å²) in [6, 6.07) is 0. The molecule has 0 bridgehead atoms. The molecule has 0 aliphatic rings. The standard InChI is InChI=1S/C5H2BrClF2N2O/c6-2-1-10-4(3(7)11-2)12-5(8)9/h1,5H. The Bertz CT molecular complexity index is 286. The van der Waals surface area contributed by atoms with E-state index in [9.17, 15) is 8.78 Å².